The number of benzene rings is 1. The Balaban J connectivity index is 1.88. The smallest absolute Gasteiger partial charge is 0.231 e. The Kier molecular flexibility index (Phi) is 2.59. The molecular formula is C13H15N3O2. The molecule has 5 nitrogen and oxygen atoms in total. The summed E-state index contributed by atoms with van der Waals surface area (Å²) in [6, 6.07) is 6.11. The maximum absolute atomic E-state index is 5.88. The van der Waals surface area contributed by atoms with Crippen LogP contribution in [0, 0.1) is 0 Å². The summed E-state index contributed by atoms with van der Waals surface area (Å²) >= 11 is 0. The van der Waals surface area contributed by atoms with Crippen LogP contribution in [0.25, 0.3) is 0 Å². The van der Waals surface area contributed by atoms with Gasteiger partial charge >= 0.3 is 0 Å². The number of ether oxygens (including phenoxy) is 2. The van der Waals surface area contributed by atoms with Gasteiger partial charge in [0.15, 0.2) is 17.5 Å². The minimum Gasteiger partial charge on any atom is -0.454 e. The molecule has 0 saturated carbocycles. The van der Waals surface area contributed by atoms with Crippen LogP contribution in [0.2, 0.25) is 0 Å². The zero-order valence-corrected chi connectivity index (χ0v) is 10.0. The van der Waals surface area contributed by atoms with Crippen molar-refractivity contribution in [2.24, 2.45) is 10.7 Å². The summed E-state index contributed by atoms with van der Waals surface area (Å²) in [5.41, 5.74) is 7.01. The highest BCUT2D eigenvalue weighted by atomic mass is 16.7. The summed E-state index contributed by atoms with van der Waals surface area (Å²) in [5.74, 6) is 2.15. The van der Waals surface area contributed by atoms with E-state index in [9.17, 15) is 0 Å². The van der Waals surface area contributed by atoms with Gasteiger partial charge in [0.1, 0.15) is 0 Å². The van der Waals surface area contributed by atoms with Crippen LogP contribution >= 0.6 is 0 Å². The number of aliphatic imine (C=N–C) groups is 1. The normalized spacial score (nSPS) is 21.0. The van der Waals surface area contributed by atoms with Gasteiger partial charge in [-0.25, -0.2) is 0 Å². The van der Waals surface area contributed by atoms with Crippen LogP contribution in [0.4, 0.5) is 0 Å². The van der Waals surface area contributed by atoms with Crippen LogP contribution in [-0.4, -0.2) is 30.7 Å². The average molecular weight is 245 g/mol. The maximum atomic E-state index is 5.88. The van der Waals surface area contributed by atoms with Crippen LogP contribution in [0.1, 0.15) is 11.6 Å². The quantitative estimate of drug-likeness (QED) is 0.815. The Morgan fingerprint density at radius 3 is 3.11 bits per heavy atom. The van der Waals surface area contributed by atoms with Crippen molar-refractivity contribution in [1.29, 1.82) is 0 Å². The molecule has 0 aromatic heterocycles. The molecule has 2 N–H and O–H groups in total. The van der Waals surface area contributed by atoms with Crippen molar-refractivity contribution in [3.05, 3.63) is 36.4 Å². The van der Waals surface area contributed by atoms with Gasteiger partial charge in [0, 0.05) is 6.54 Å². The van der Waals surface area contributed by atoms with Gasteiger partial charge in [-0.3, -0.25) is 4.99 Å². The van der Waals surface area contributed by atoms with Gasteiger partial charge in [-0.1, -0.05) is 12.1 Å². The number of hydrogen-bond acceptors (Lipinski definition) is 5. The van der Waals surface area contributed by atoms with Gasteiger partial charge in [-0.05, 0) is 17.7 Å². The third-order valence-electron chi connectivity index (χ3n) is 3.20. The minimum absolute atomic E-state index is 0.150. The van der Waals surface area contributed by atoms with Gasteiger partial charge in [0.05, 0.1) is 12.6 Å². The first kappa shape index (κ1) is 11.0. The Labute approximate surface area is 106 Å². The molecule has 0 spiro atoms. The van der Waals surface area contributed by atoms with E-state index < -0.39 is 0 Å². The monoisotopic (exact) mass is 245 g/mol. The molecule has 0 amide bonds. The molecule has 3 rings (SSSR count). The van der Waals surface area contributed by atoms with Gasteiger partial charge in [0.2, 0.25) is 6.79 Å². The van der Waals surface area contributed by atoms with Crippen LogP contribution in [0.15, 0.2) is 35.8 Å². The van der Waals surface area contributed by atoms with E-state index in [2.05, 4.69) is 11.6 Å². The van der Waals surface area contributed by atoms with Crippen molar-refractivity contribution in [2.45, 2.75) is 6.04 Å². The lowest BCUT2D eigenvalue weighted by molar-refractivity contribution is 0.174. The van der Waals surface area contributed by atoms with E-state index in [-0.39, 0.29) is 6.04 Å². The first-order chi connectivity index (χ1) is 8.79. The molecule has 0 fully saturated rings. The number of nitrogens with zero attached hydrogens (tertiary/aromatic N) is 2. The third-order valence-corrected chi connectivity index (χ3v) is 3.20. The summed E-state index contributed by atoms with van der Waals surface area (Å²) < 4.78 is 10.7. The fourth-order valence-corrected chi connectivity index (χ4v) is 2.29. The lowest BCUT2D eigenvalue weighted by atomic mass is 10.1. The molecule has 1 aromatic rings. The molecule has 1 atom stereocenters. The van der Waals surface area contributed by atoms with E-state index >= 15 is 0 Å². The van der Waals surface area contributed by atoms with E-state index in [1.54, 1.807) is 0 Å². The van der Waals surface area contributed by atoms with Gasteiger partial charge in [-0.15, -0.1) is 6.58 Å². The largest absolute Gasteiger partial charge is 0.454 e. The summed E-state index contributed by atoms with van der Waals surface area (Å²) in [5, 5.41) is 0. The Hall–Kier alpha value is -2.17. The van der Waals surface area contributed by atoms with E-state index in [0.717, 1.165) is 17.1 Å². The van der Waals surface area contributed by atoms with Crippen molar-refractivity contribution in [3.63, 3.8) is 0 Å². The topological polar surface area (TPSA) is 60.1 Å². The van der Waals surface area contributed by atoms with Crippen LogP contribution in [0.5, 0.6) is 11.5 Å². The molecule has 2 heterocycles. The van der Waals surface area contributed by atoms with Crippen LogP contribution in [-0.2, 0) is 0 Å². The summed E-state index contributed by atoms with van der Waals surface area (Å²) in [4.78, 5) is 6.32. The minimum atomic E-state index is 0.150. The highest BCUT2D eigenvalue weighted by Crippen LogP contribution is 2.36. The molecule has 18 heavy (non-hydrogen) atoms. The predicted octanol–water partition coefficient (Wildman–Crippen LogP) is 1.27. The Morgan fingerprint density at radius 2 is 2.28 bits per heavy atom. The number of fused-ring (bicyclic) bond motifs is 1. The third kappa shape index (κ3) is 1.68. The lowest BCUT2D eigenvalue weighted by Gasteiger charge is -2.25. The second kappa shape index (κ2) is 4.25. The lowest BCUT2D eigenvalue weighted by Crippen LogP contribution is -2.36. The zero-order chi connectivity index (χ0) is 12.5. The van der Waals surface area contributed by atoms with Crippen LogP contribution in [0.3, 0.4) is 0 Å². The molecule has 2 aliphatic rings. The summed E-state index contributed by atoms with van der Waals surface area (Å²) in [6.07, 6.45) is 1.83. The first-order valence-corrected chi connectivity index (χ1v) is 5.86. The summed E-state index contributed by atoms with van der Waals surface area (Å²) in [6.45, 7) is 5.39. The molecule has 0 saturated heterocycles. The molecule has 0 aliphatic carbocycles. The van der Waals surface area contributed by atoms with Crippen molar-refractivity contribution < 1.29 is 9.47 Å². The predicted molar refractivity (Wildman–Crippen MR) is 68.7 cm³/mol. The van der Waals surface area contributed by atoms with Crippen molar-refractivity contribution >= 4 is 5.96 Å². The highest BCUT2D eigenvalue weighted by molar-refractivity contribution is 5.80. The van der Waals surface area contributed by atoms with Crippen molar-refractivity contribution in [3.8, 4) is 11.5 Å². The number of guanidine groups is 1. The molecule has 5 heteroatoms. The fraction of sp³-hybridized carbons (Fsp3) is 0.308. The van der Waals surface area contributed by atoms with Crippen molar-refractivity contribution in [1.82, 2.24) is 4.90 Å². The molecule has 0 bridgehead atoms. The molecule has 2 aliphatic heterocycles. The van der Waals surface area contributed by atoms with Gasteiger partial charge < -0.3 is 20.1 Å². The second-order valence-corrected chi connectivity index (χ2v) is 4.27. The van der Waals surface area contributed by atoms with E-state index in [1.807, 2.05) is 29.2 Å². The Bertz CT molecular complexity index is 513. The zero-order valence-electron chi connectivity index (χ0n) is 10.0. The van der Waals surface area contributed by atoms with Crippen molar-refractivity contribution in [2.75, 3.05) is 19.9 Å². The fourth-order valence-electron chi connectivity index (χ4n) is 2.29. The SMILES string of the molecule is C=CCN1C(N)=NCC1c1ccc2c(c1)OCO2. The molecule has 94 valence electrons. The first-order valence-electron chi connectivity index (χ1n) is 5.86. The van der Waals surface area contributed by atoms with E-state index in [1.165, 1.54) is 0 Å². The van der Waals surface area contributed by atoms with Gasteiger partial charge in [-0.2, -0.15) is 0 Å². The van der Waals surface area contributed by atoms with E-state index in [4.69, 9.17) is 15.2 Å². The standard InChI is InChI=1S/C13H15N3O2/c1-2-5-16-10(7-15-13(16)14)9-3-4-11-12(6-9)18-8-17-11/h2-4,6,10H,1,5,7-8H2,(H2,14,15). The average Bonchev–Trinajstić information content (AvgIpc) is 2.97. The van der Waals surface area contributed by atoms with Gasteiger partial charge in [0.25, 0.3) is 0 Å². The molecular weight excluding hydrogens is 230 g/mol. The summed E-state index contributed by atoms with van der Waals surface area (Å²) in [7, 11) is 0. The highest BCUT2D eigenvalue weighted by Gasteiger charge is 2.27. The Morgan fingerprint density at radius 1 is 1.44 bits per heavy atom. The number of nitrogens with two attached hydrogens (primary N) is 1. The van der Waals surface area contributed by atoms with E-state index in [0.29, 0.717) is 25.8 Å². The molecule has 1 unspecified atom stereocenters. The molecule has 0 radical (unpaired) electrons. The maximum Gasteiger partial charge on any atom is 0.231 e. The molecule has 1 aromatic carbocycles. The second-order valence-electron chi connectivity index (χ2n) is 4.27. The number of rotatable bonds is 3. The number of hydrogen-bond donors (Lipinski definition) is 1. The van der Waals surface area contributed by atoms with Crippen LogP contribution < -0.4 is 15.2 Å².